The number of halogens is 2. The Kier molecular flexibility index (Phi) is 4.49. The molecule has 3 aliphatic rings. The van der Waals surface area contributed by atoms with Gasteiger partial charge in [-0.1, -0.05) is 34.4 Å². The van der Waals surface area contributed by atoms with Crippen molar-refractivity contribution in [2.45, 2.75) is 43.7 Å². The third-order valence-electron chi connectivity index (χ3n) is 5.25. The summed E-state index contributed by atoms with van der Waals surface area (Å²) in [7, 11) is 0. The molecule has 0 radical (unpaired) electrons. The van der Waals surface area contributed by atoms with Crippen LogP contribution in [-0.2, 0) is 25.6 Å². The summed E-state index contributed by atoms with van der Waals surface area (Å²) >= 11 is 12.7. The number of nitrogens with zero attached hydrogens (tertiary/aromatic N) is 1. The van der Waals surface area contributed by atoms with Crippen molar-refractivity contribution in [3.8, 4) is 11.3 Å². The van der Waals surface area contributed by atoms with Gasteiger partial charge in [0, 0.05) is 17.0 Å². The van der Waals surface area contributed by atoms with E-state index in [4.69, 9.17) is 41.9 Å². The summed E-state index contributed by atoms with van der Waals surface area (Å²) in [6.07, 6.45) is 0.948. The minimum Gasteiger partial charge on any atom is -0.368 e. The summed E-state index contributed by atoms with van der Waals surface area (Å²) in [4.78, 5) is 11.7. The lowest BCUT2D eigenvalue weighted by molar-refractivity contribution is -0.125. The fraction of sp³-hybridized carbons (Fsp3) is 0.474. The number of hydrogen-bond acceptors (Lipinski definition) is 6. The predicted molar refractivity (Wildman–Crippen MR) is 97.0 cm³/mol. The van der Waals surface area contributed by atoms with Gasteiger partial charge in [-0.2, -0.15) is 0 Å². The second-order valence-electron chi connectivity index (χ2n) is 7.09. The van der Waals surface area contributed by atoms with Gasteiger partial charge in [0.25, 0.3) is 0 Å². The van der Waals surface area contributed by atoms with Gasteiger partial charge in [0.05, 0.1) is 23.3 Å². The summed E-state index contributed by atoms with van der Waals surface area (Å²) in [5, 5.41) is 5.27. The van der Waals surface area contributed by atoms with Crippen molar-refractivity contribution in [3.63, 3.8) is 0 Å². The van der Waals surface area contributed by atoms with Crippen molar-refractivity contribution in [3.05, 3.63) is 39.6 Å². The third kappa shape index (κ3) is 3.09. The molecule has 3 heterocycles. The Labute approximate surface area is 165 Å². The van der Waals surface area contributed by atoms with Gasteiger partial charge in [-0.3, -0.25) is 4.79 Å². The smallest absolute Gasteiger partial charge is 0.189 e. The molecule has 2 aliphatic heterocycles. The normalized spacial score (nSPS) is 27.3. The zero-order valence-electron chi connectivity index (χ0n) is 14.3. The number of ether oxygens (including phenoxy) is 3. The molecule has 1 aromatic carbocycles. The Balaban J connectivity index is 1.43. The van der Waals surface area contributed by atoms with Crippen molar-refractivity contribution in [2.75, 3.05) is 13.2 Å². The highest BCUT2D eigenvalue weighted by Gasteiger charge is 2.48. The first kappa shape index (κ1) is 17.6. The van der Waals surface area contributed by atoms with Crippen LogP contribution in [0.4, 0.5) is 0 Å². The molecule has 3 atom stereocenters. The van der Waals surface area contributed by atoms with Gasteiger partial charge >= 0.3 is 0 Å². The average Bonchev–Trinajstić information content (AvgIpc) is 3.12. The number of carbonyl (C=O) groups is 1. The second kappa shape index (κ2) is 6.87. The van der Waals surface area contributed by atoms with Crippen LogP contribution in [0.2, 0.25) is 10.0 Å². The molecule has 0 amide bonds. The Morgan fingerprint density at radius 2 is 1.96 bits per heavy atom. The number of ketones is 1. The highest BCUT2D eigenvalue weighted by atomic mass is 35.5. The van der Waals surface area contributed by atoms with E-state index in [0.717, 1.165) is 24.2 Å². The molecular formula is C19H17Cl2NO5. The van der Waals surface area contributed by atoms with Crippen LogP contribution in [0, 0.1) is 0 Å². The van der Waals surface area contributed by atoms with E-state index in [1.165, 1.54) is 0 Å². The zero-order valence-corrected chi connectivity index (χ0v) is 15.8. The lowest BCUT2D eigenvalue weighted by atomic mass is 10.0. The zero-order chi connectivity index (χ0) is 18.5. The van der Waals surface area contributed by atoms with E-state index in [1.54, 1.807) is 18.2 Å². The van der Waals surface area contributed by atoms with Gasteiger partial charge in [-0.25, -0.2) is 0 Å². The Morgan fingerprint density at radius 1 is 1.19 bits per heavy atom. The first-order chi connectivity index (χ1) is 13.1. The lowest BCUT2D eigenvalue weighted by Crippen LogP contribution is -2.31. The van der Waals surface area contributed by atoms with E-state index in [9.17, 15) is 4.79 Å². The van der Waals surface area contributed by atoms with E-state index in [2.05, 4.69) is 5.16 Å². The molecule has 0 unspecified atom stereocenters. The Hall–Kier alpha value is -1.44. The van der Waals surface area contributed by atoms with Gasteiger partial charge in [0.2, 0.25) is 0 Å². The van der Waals surface area contributed by atoms with Crippen molar-refractivity contribution >= 4 is 29.0 Å². The summed E-state index contributed by atoms with van der Waals surface area (Å²) in [5.74, 6) is 1.14. The minimum absolute atomic E-state index is 0.0294. The second-order valence-corrected chi connectivity index (χ2v) is 7.90. The van der Waals surface area contributed by atoms with Crippen LogP contribution in [0.3, 0.4) is 0 Å². The van der Waals surface area contributed by atoms with Gasteiger partial charge in [-0.15, -0.1) is 0 Å². The number of hydrogen-bond donors (Lipinski definition) is 0. The number of carbonyl (C=O) groups excluding carboxylic acids is 1. The number of aromatic nitrogens is 1. The molecule has 0 bridgehead atoms. The van der Waals surface area contributed by atoms with Crippen LogP contribution in [0.5, 0.6) is 0 Å². The van der Waals surface area contributed by atoms with Crippen LogP contribution in [-0.4, -0.2) is 42.5 Å². The highest BCUT2D eigenvalue weighted by Crippen LogP contribution is 2.46. The van der Waals surface area contributed by atoms with Gasteiger partial charge < -0.3 is 18.7 Å². The highest BCUT2D eigenvalue weighted by molar-refractivity contribution is 6.39. The molecule has 6 nitrogen and oxygen atoms in total. The summed E-state index contributed by atoms with van der Waals surface area (Å²) < 4.78 is 22.8. The van der Waals surface area contributed by atoms with Crippen LogP contribution in [0.25, 0.3) is 11.3 Å². The van der Waals surface area contributed by atoms with Gasteiger partial charge in [-0.05, 0) is 25.0 Å². The lowest BCUT2D eigenvalue weighted by Gasteiger charge is -2.16. The molecule has 0 spiro atoms. The quantitative estimate of drug-likeness (QED) is 0.748. The van der Waals surface area contributed by atoms with Crippen LogP contribution in [0.15, 0.2) is 22.7 Å². The molecule has 0 N–H and O–H groups in total. The fourth-order valence-corrected chi connectivity index (χ4v) is 4.27. The van der Waals surface area contributed by atoms with E-state index in [1.807, 2.05) is 0 Å². The molecule has 1 aromatic heterocycles. The largest absolute Gasteiger partial charge is 0.368 e. The maximum absolute atomic E-state index is 11.7. The first-order valence-corrected chi connectivity index (χ1v) is 9.69. The van der Waals surface area contributed by atoms with Crippen LogP contribution < -0.4 is 0 Å². The summed E-state index contributed by atoms with van der Waals surface area (Å²) in [5.41, 5.74) is 2.09. The molecule has 27 heavy (non-hydrogen) atoms. The molecule has 1 saturated carbocycles. The van der Waals surface area contributed by atoms with Crippen molar-refractivity contribution in [1.82, 2.24) is 5.16 Å². The van der Waals surface area contributed by atoms with Crippen LogP contribution in [0.1, 0.15) is 30.1 Å². The maximum Gasteiger partial charge on any atom is 0.189 e. The Bertz CT molecular complexity index is 874. The number of Topliss-reactive ketones (excluding diaryl/α,β-unsaturated/α-hetero) is 1. The number of rotatable bonds is 5. The monoisotopic (exact) mass is 409 g/mol. The Morgan fingerprint density at radius 3 is 2.70 bits per heavy atom. The summed E-state index contributed by atoms with van der Waals surface area (Å²) in [6.45, 7) is 0.671. The third-order valence-corrected chi connectivity index (χ3v) is 5.88. The van der Waals surface area contributed by atoms with Gasteiger partial charge in [0.15, 0.2) is 5.78 Å². The number of fused-ring (bicyclic) bond motifs is 1. The summed E-state index contributed by atoms with van der Waals surface area (Å²) in [6, 6.07) is 5.33. The SMILES string of the molecule is O=C1CO[C@@H]2[C@@H](OCc3c(-c4c(Cl)cccc4Cl)noc3C3CC3)CO[C@H]12. The van der Waals surface area contributed by atoms with Crippen molar-refractivity contribution in [1.29, 1.82) is 0 Å². The van der Waals surface area contributed by atoms with E-state index in [-0.39, 0.29) is 31.2 Å². The average molecular weight is 410 g/mol. The molecule has 2 aromatic rings. The minimum atomic E-state index is -0.516. The number of benzene rings is 1. The van der Waals surface area contributed by atoms with E-state index in [0.29, 0.717) is 33.8 Å². The molecule has 5 rings (SSSR count). The van der Waals surface area contributed by atoms with Gasteiger partial charge in [0.1, 0.15) is 36.4 Å². The molecule has 1 aliphatic carbocycles. The first-order valence-electron chi connectivity index (χ1n) is 8.94. The fourth-order valence-electron chi connectivity index (χ4n) is 3.70. The van der Waals surface area contributed by atoms with E-state index < -0.39 is 6.10 Å². The molecule has 2 saturated heterocycles. The van der Waals surface area contributed by atoms with Crippen LogP contribution >= 0.6 is 23.2 Å². The molecular weight excluding hydrogens is 393 g/mol. The predicted octanol–water partition coefficient (Wildman–Crippen LogP) is 3.78. The van der Waals surface area contributed by atoms with Crippen molar-refractivity contribution in [2.24, 2.45) is 0 Å². The standard InChI is InChI=1S/C19H17Cl2NO5/c20-11-2-1-3-12(21)15(11)16-10(17(27-22-16)9-4-5-9)6-24-14-8-26-18-13(23)7-25-19(14)18/h1-3,9,14,18-19H,4-8H2/t14-,18+,19+/m0/s1. The molecule has 8 heteroatoms. The van der Waals surface area contributed by atoms with E-state index >= 15 is 0 Å². The topological polar surface area (TPSA) is 70.8 Å². The molecule has 3 fully saturated rings. The maximum atomic E-state index is 11.7. The van der Waals surface area contributed by atoms with Crippen molar-refractivity contribution < 1.29 is 23.5 Å². The molecule has 142 valence electrons.